The summed E-state index contributed by atoms with van der Waals surface area (Å²) in [5, 5.41) is 6.29. The Morgan fingerprint density at radius 2 is 1.97 bits per heavy atom. The number of alkyl halides is 2. The summed E-state index contributed by atoms with van der Waals surface area (Å²) in [6, 6.07) is 6.95. The highest BCUT2D eigenvalue weighted by atomic mass is 32.2. The van der Waals surface area contributed by atoms with Gasteiger partial charge in [0.1, 0.15) is 5.75 Å². The van der Waals surface area contributed by atoms with Crippen molar-refractivity contribution in [2.45, 2.75) is 54.0 Å². The predicted octanol–water partition coefficient (Wildman–Crippen LogP) is 2.64. The third-order valence-electron chi connectivity index (χ3n) is 8.64. The van der Waals surface area contributed by atoms with Crippen molar-refractivity contribution in [1.82, 2.24) is 15.8 Å². The Labute approximate surface area is 218 Å². The molecule has 4 N–H and O–H groups in total. The molecule has 2 aliphatic carbocycles. The third-order valence-corrected chi connectivity index (χ3v) is 9.99. The molecule has 13 heteroatoms. The van der Waals surface area contributed by atoms with E-state index in [1.807, 2.05) is 18.2 Å². The largest absolute Gasteiger partial charge is 0.497 e. The number of nitrogens with one attached hydrogen (secondary N) is 4. The minimum atomic E-state index is -4.78. The lowest BCUT2D eigenvalue weighted by atomic mass is 9.74. The van der Waals surface area contributed by atoms with Crippen molar-refractivity contribution in [2.75, 3.05) is 24.9 Å². The van der Waals surface area contributed by atoms with Gasteiger partial charge < -0.3 is 20.1 Å². The summed E-state index contributed by atoms with van der Waals surface area (Å²) in [4.78, 5) is 16.5. The van der Waals surface area contributed by atoms with E-state index in [-0.39, 0.29) is 41.5 Å². The van der Waals surface area contributed by atoms with Crippen molar-refractivity contribution in [3.63, 3.8) is 0 Å². The molecular weight excluding hydrogens is 520 g/mol. The number of hydrazine groups is 1. The molecule has 38 heavy (non-hydrogen) atoms. The van der Waals surface area contributed by atoms with Crippen molar-refractivity contribution in [1.29, 1.82) is 0 Å². The highest BCUT2D eigenvalue weighted by molar-refractivity contribution is 7.91. The van der Waals surface area contributed by atoms with Crippen LogP contribution in [0.1, 0.15) is 31.2 Å². The van der Waals surface area contributed by atoms with E-state index in [1.54, 1.807) is 7.11 Å². The minimum absolute atomic E-state index is 0.0620. The van der Waals surface area contributed by atoms with Crippen LogP contribution < -0.4 is 31.0 Å². The molecule has 6 rings (SSSR count). The number of pyridine rings is 1. The molecule has 2 aliphatic heterocycles. The van der Waals surface area contributed by atoms with Gasteiger partial charge in [-0.05, 0) is 61.3 Å². The van der Waals surface area contributed by atoms with E-state index in [9.17, 15) is 22.0 Å². The first kappa shape index (κ1) is 25.3. The van der Waals surface area contributed by atoms with Gasteiger partial charge in [0.2, 0.25) is 15.7 Å². The zero-order valence-electron chi connectivity index (χ0n) is 20.8. The second-order valence-electron chi connectivity index (χ2n) is 10.4. The van der Waals surface area contributed by atoms with Gasteiger partial charge in [-0.2, -0.15) is 8.78 Å². The standard InChI is InChI=1S/C25H29F2N5O5S/c1-36-13-4-6-18-16(8-13)25(23(33)29-18)10-17(25)12-3-5-15-19(7-12)31-32-21(15)30-22-20(37-2)9-14(11-28-22)38(34,35)24(26)27/h4,6,8-9,11-12,15,17,19,21,24,31-32H,3,5,7,10H2,1-2H3,(H,28,30)(H,29,33)/t12?,15?,17-,19?,21?,25-/m0/s1. The lowest BCUT2D eigenvalue weighted by Crippen LogP contribution is -2.39. The smallest absolute Gasteiger partial charge is 0.341 e. The molecule has 4 aliphatic rings. The van der Waals surface area contributed by atoms with Crippen LogP contribution in [0.25, 0.3) is 0 Å². The van der Waals surface area contributed by atoms with E-state index in [1.165, 1.54) is 7.11 Å². The Kier molecular flexibility index (Phi) is 6.00. The maximum Gasteiger partial charge on any atom is 0.341 e. The molecule has 1 aromatic carbocycles. The van der Waals surface area contributed by atoms with Gasteiger partial charge >= 0.3 is 5.76 Å². The number of methoxy groups -OCH3 is 2. The summed E-state index contributed by atoms with van der Waals surface area (Å²) < 4.78 is 60.2. The molecule has 3 fully saturated rings. The van der Waals surface area contributed by atoms with Gasteiger partial charge in [-0.25, -0.2) is 18.8 Å². The molecule has 204 valence electrons. The van der Waals surface area contributed by atoms with Crippen LogP contribution in [0, 0.1) is 17.8 Å². The van der Waals surface area contributed by atoms with Crippen molar-refractivity contribution in [3.8, 4) is 11.5 Å². The molecule has 10 nitrogen and oxygen atoms in total. The van der Waals surface area contributed by atoms with E-state index in [2.05, 4.69) is 26.5 Å². The van der Waals surface area contributed by atoms with Crippen LogP contribution in [0.15, 0.2) is 35.4 Å². The van der Waals surface area contributed by atoms with Gasteiger partial charge in [0.05, 0.1) is 30.7 Å². The van der Waals surface area contributed by atoms with Gasteiger partial charge in [0, 0.05) is 29.9 Å². The van der Waals surface area contributed by atoms with E-state index >= 15 is 0 Å². The number of anilines is 2. The number of hydrogen-bond donors (Lipinski definition) is 4. The van der Waals surface area contributed by atoms with Crippen molar-refractivity contribution in [2.24, 2.45) is 17.8 Å². The number of hydrogen-bond acceptors (Lipinski definition) is 9. The number of amides is 1. The van der Waals surface area contributed by atoms with Crippen LogP contribution >= 0.6 is 0 Å². The highest BCUT2D eigenvalue weighted by Crippen LogP contribution is 2.65. The average Bonchev–Trinajstić information content (AvgIpc) is 3.46. The first-order valence-electron chi connectivity index (χ1n) is 12.5. The van der Waals surface area contributed by atoms with Crippen LogP contribution in [-0.2, 0) is 20.0 Å². The Bertz CT molecular complexity index is 1390. The number of carbonyl (C=O) groups is 1. The van der Waals surface area contributed by atoms with Gasteiger partial charge in [0.25, 0.3) is 0 Å². The van der Waals surface area contributed by atoms with Crippen LogP contribution in [0.3, 0.4) is 0 Å². The number of carbonyl (C=O) groups excluding carboxylic acids is 1. The number of aromatic nitrogens is 1. The molecule has 0 bridgehead atoms. The average molecular weight is 550 g/mol. The molecular formula is C25H29F2N5O5S. The molecule has 1 saturated heterocycles. The van der Waals surface area contributed by atoms with E-state index in [4.69, 9.17) is 9.47 Å². The summed E-state index contributed by atoms with van der Waals surface area (Å²) in [7, 11) is -1.83. The number of nitrogens with zero attached hydrogens (tertiary/aromatic N) is 1. The van der Waals surface area contributed by atoms with Crippen LogP contribution in [0.4, 0.5) is 20.3 Å². The molecule has 6 atom stereocenters. The van der Waals surface area contributed by atoms with E-state index in [0.29, 0.717) is 5.92 Å². The summed E-state index contributed by atoms with van der Waals surface area (Å²) in [6.07, 6.45) is 4.25. The quantitative estimate of drug-likeness (QED) is 0.412. The Hall–Kier alpha value is -3.03. The highest BCUT2D eigenvalue weighted by Gasteiger charge is 2.67. The van der Waals surface area contributed by atoms with Gasteiger partial charge in [-0.15, -0.1) is 0 Å². The second kappa shape index (κ2) is 9.02. The van der Waals surface area contributed by atoms with Crippen LogP contribution in [-0.4, -0.2) is 51.5 Å². The van der Waals surface area contributed by atoms with Crippen molar-refractivity contribution < 1.29 is 31.5 Å². The summed E-state index contributed by atoms with van der Waals surface area (Å²) >= 11 is 0. The topological polar surface area (TPSA) is 131 Å². The fourth-order valence-electron chi connectivity index (χ4n) is 6.61. The normalized spacial score (nSPS) is 31.6. The fraction of sp³-hybridized carbons (Fsp3) is 0.520. The second-order valence-corrected chi connectivity index (χ2v) is 12.3. The molecule has 2 saturated carbocycles. The van der Waals surface area contributed by atoms with E-state index < -0.39 is 25.9 Å². The molecule has 1 aromatic heterocycles. The maximum atomic E-state index is 13.0. The first-order chi connectivity index (χ1) is 18.2. The Balaban J connectivity index is 1.14. The van der Waals surface area contributed by atoms with Gasteiger partial charge in [-0.3, -0.25) is 10.2 Å². The molecule has 1 spiro atoms. The predicted molar refractivity (Wildman–Crippen MR) is 134 cm³/mol. The number of ether oxygens (including phenoxy) is 2. The molecule has 4 unspecified atom stereocenters. The van der Waals surface area contributed by atoms with Crippen molar-refractivity contribution >= 4 is 27.2 Å². The monoisotopic (exact) mass is 549 g/mol. The van der Waals surface area contributed by atoms with E-state index in [0.717, 1.165) is 54.9 Å². The molecule has 3 heterocycles. The molecule has 0 radical (unpaired) electrons. The summed E-state index contributed by atoms with van der Waals surface area (Å²) in [5.74, 6) is -1.57. The van der Waals surface area contributed by atoms with Gasteiger partial charge in [-0.1, -0.05) is 0 Å². The lowest BCUT2D eigenvalue weighted by molar-refractivity contribution is -0.118. The number of benzene rings is 1. The molecule has 1 amide bonds. The fourth-order valence-corrected chi connectivity index (χ4v) is 7.29. The summed E-state index contributed by atoms with van der Waals surface area (Å²) in [6.45, 7) is 0. The first-order valence-corrected chi connectivity index (χ1v) is 14.1. The summed E-state index contributed by atoms with van der Waals surface area (Å²) in [5.41, 5.74) is 8.02. The van der Waals surface area contributed by atoms with Crippen LogP contribution in [0.2, 0.25) is 0 Å². The maximum absolute atomic E-state index is 13.0. The number of fused-ring (bicyclic) bond motifs is 3. The lowest BCUT2D eigenvalue weighted by Gasteiger charge is -2.34. The number of sulfone groups is 1. The number of halogens is 2. The third kappa shape index (κ3) is 3.82. The van der Waals surface area contributed by atoms with Crippen molar-refractivity contribution in [3.05, 3.63) is 36.0 Å². The molecule has 2 aromatic rings. The zero-order valence-corrected chi connectivity index (χ0v) is 21.6. The minimum Gasteiger partial charge on any atom is -0.497 e. The number of rotatable bonds is 7. The zero-order chi connectivity index (χ0) is 26.8. The van der Waals surface area contributed by atoms with Crippen LogP contribution in [0.5, 0.6) is 11.5 Å². The SMILES string of the molecule is COc1ccc2c(c1)[C@]1(C[C@H]1C1CCC3C(C1)NNC3Nc1ncc(S(=O)(=O)C(F)F)cc1OC)C(=O)N2. The van der Waals surface area contributed by atoms with Gasteiger partial charge in [0.15, 0.2) is 11.6 Å². The Morgan fingerprint density at radius 3 is 2.71 bits per heavy atom. The Morgan fingerprint density at radius 1 is 1.16 bits per heavy atom.